The fourth-order valence-electron chi connectivity index (χ4n) is 1.54. The van der Waals surface area contributed by atoms with Gasteiger partial charge in [-0.25, -0.2) is 0 Å². The van der Waals surface area contributed by atoms with Gasteiger partial charge in [0.25, 0.3) is 0 Å². The minimum atomic E-state index is -4.36. The lowest BCUT2D eigenvalue weighted by Crippen LogP contribution is -2.13. The van der Waals surface area contributed by atoms with Crippen LogP contribution in [0.4, 0.5) is 13.2 Å². The van der Waals surface area contributed by atoms with E-state index in [1.54, 1.807) is 18.2 Å². The molecule has 90 valence electrons. The van der Waals surface area contributed by atoms with Gasteiger partial charge in [0.1, 0.15) is 5.76 Å². The molecule has 0 radical (unpaired) electrons. The van der Waals surface area contributed by atoms with Gasteiger partial charge in [0.15, 0.2) is 0 Å². The highest BCUT2D eigenvalue weighted by molar-refractivity contribution is 5.31. The van der Waals surface area contributed by atoms with Crippen molar-refractivity contribution in [2.45, 2.75) is 12.2 Å². The molecule has 0 saturated heterocycles. The van der Waals surface area contributed by atoms with Crippen molar-refractivity contribution in [3.8, 4) is 0 Å². The van der Waals surface area contributed by atoms with Gasteiger partial charge < -0.3 is 10.2 Å². The van der Waals surface area contributed by atoms with E-state index in [1.807, 2.05) is 0 Å². The summed E-state index contributed by atoms with van der Waals surface area (Å²) in [5, 5.41) is 0. The molecule has 0 spiro atoms. The Morgan fingerprint density at radius 1 is 1.12 bits per heavy atom. The number of hydrogen-bond acceptors (Lipinski definition) is 2. The molecular formula is C12H10F3NO. The van der Waals surface area contributed by atoms with Crippen LogP contribution in [0, 0.1) is 0 Å². The smallest absolute Gasteiger partial charge is 0.416 e. The molecule has 1 heterocycles. The van der Waals surface area contributed by atoms with Gasteiger partial charge in [-0.1, -0.05) is 12.1 Å². The lowest BCUT2D eigenvalue weighted by atomic mass is 10.0. The molecule has 5 heteroatoms. The Hall–Kier alpha value is -1.75. The quantitative estimate of drug-likeness (QED) is 0.875. The van der Waals surface area contributed by atoms with Crippen LogP contribution in [0.15, 0.2) is 47.1 Å². The Morgan fingerprint density at radius 2 is 1.88 bits per heavy atom. The molecule has 2 nitrogen and oxygen atoms in total. The lowest BCUT2D eigenvalue weighted by Gasteiger charge is -2.12. The van der Waals surface area contributed by atoms with Crippen LogP contribution in [0.5, 0.6) is 0 Å². The Labute approximate surface area is 95.8 Å². The van der Waals surface area contributed by atoms with Crippen molar-refractivity contribution in [3.63, 3.8) is 0 Å². The number of halogens is 3. The second kappa shape index (κ2) is 4.25. The molecule has 0 saturated carbocycles. The zero-order chi connectivity index (χ0) is 12.5. The first-order chi connectivity index (χ1) is 7.98. The molecule has 17 heavy (non-hydrogen) atoms. The summed E-state index contributed by atoms with van der Waals surface area (Å²) in [5.74, 6) is 0.435. The maximum absolute atomic E-state index is 12.5. The Kier molecular flexibility index (Phi) is 2.93. The van der Waals surface area contributed by atoms with Gasteiger partial charge in [0.05, 0.1) is 17.9 Å². The highest BCUT2D eigenvalue weighted by atomic mass is 19.4. The average Bonchev–Trinajstić information content (AvgIpc) is 2.80. The van der Waals surface area contributed by atoms with Gasteiger partial charge in [-0.2, -0.15) is 13.2 Å². The van der Waals surface area contributed by atoms with Crippen LogP contribution in [0.2, 0.25) is 0 Å². The standard InChI is InChI=1S/C12H10F3NO/c13-12(14,15)9-4-1-3-8(7-9)11(16)10-5-2-6-17-10/h1-7,11H,16H2. The maximum atomic E-state index is 12.5. The highest BCUT2D eigenvalue weighted by Crippen LogP contribution is 2.31. The van der Waals surface area contributed by atoms with E-state index < -0.39 is 17.8 Å². The molecule has 0 aliphatic carbocycles. The van der Waals surface area contributed by atoms with Crippen LogP contribution < -0.4 is 5.73 Å². The van der Waals surface area contributed by atoms with Crippen molar-refractivity contribution in [1.82, 2.24) is 0 Å². The molecule has 0 aliphatic rings. The summed E-state index contributed by atoms with van der Waals surface area (Å²) in [6.07, 6.45) is -2.93. The van der Waals surface area contributed by atoms with Gasteiger partial charge in [-0.05, 0) is 29.8 Å². The van der Waals surface area contributed by atoms with Gasteiger partial charge in [-0.15, -0.1) is 0 Å². The molecular weight excluding hydrogens is 231 g/mol. The van der Waals surface area contributed by atoms with E-state index in [0.717, 1.165) is 12.1 Å². The van der Waals surface area contributed by atoms with E-state index in [4.69, 9.17) is 10.2 Å². The van der Waals surface area contributed by atoms with Crippen LogP contribution in [-0.2, 0) is 6.18 Å². The molecule has 0 fully saturated rings. The first-order valence-corrected chi connectivity index (χ1v) is 4.94. The second-order valence-corrected chi connectivity index (χ2v) is 3.62. The van der Waals surface area contributed by atoms with Crippen LogP contribution in [0.25, 0.3) is 0 Å². The molecule has 1 aromatic carbocycles. The zero-order valence-electron chi connectivity index (χ0n) is 8.74. The predicted octanol–water partition coefficient (Wildman–Crippen LogP) is 3.35. The zero-order valence-corrected chi connectivity index (χ0v) is 8.74. The third-order valence-corrected chi connectivity index (χ3v) is 2.42. The van der Waals surface area contributed by atoms with E-state index in [9.17, 15) is 13.2 Å². The number of benzene rings is 1. The Balaban J connectivity index is 2.34. The summed E-state index contributed by atoms with van der Waals surface area (Å²) in [6, 6.07) is 7.51. The topological polar surface area (TPSA) is 39.2 Å². The van der Waals surface area contributed by atoms with Crippen molar-refractivity contribution < 1.29 is 17.6 Å². The Morgan fingerprint density at radius 3 is 2.47 bits per heavy atom. The average molecular weight is 241 g/mol. The first kappa shape index (κ1) is 11.7. The lowest BCUT2D eigenvalue weighted by molar-refractivity contribution is -0.137. The summed E-state index contributed by atoms with van der Waals surface area (Å²) in [6.45, 7) is 0. The van der Waals surface area contributed by atoms with Gasteiger partial charge in [-0.3, -0.25) is 0 Å². The molecule has 1 aromatic heterocycles. The van der Waals surface area contributed by atoms with Crippen molar-refractivity contribution in [2.75, 3.05) is 0 Å². The van der Waals surface area contributed by atoms with Gasteiger partial charge in [0, 0.05) is 0 Å². The summed E-state index contributed by atoms with van der Waals surface area (Å²) in [5.41, 5.74) is 5.47. The van der Waals surface area contributed by atoms with Gasteiger partial charge >= 0.3 is 6.18 Å². The van der Waals surface area contributed by atoms with Crippen LogP contribution in [0.1, 0.15) is 22.9 Å². The van der Waals surface area contributed by atoms with Crippen LogP contribution in [0.3, 0.4) is 0 Å². The maximum Gasteiger partial charge on any atom is 0.416 e. The molecule has 0 amide bonds. The molecule has 1 atom stereocenters. The van der Waals surface area contributed by atoms with Crippen molar-refractivity contribution in [1.29, 1.82) is 0 Å². The van der Waals surface area contributed by atoms with E-state index in [-0.39, 0.29) is 0 Å². The third kappa shape index (κ3) is 2.50. The molecule has 2 rings (SSSR count). The van der Waals surface area contributed by atoms with Crippen molar-refractivity contribution in [3.05, 3.63) is 59.5 Å². The number of hydrogen-bond donors (Lipinski definition) is 1. The first-order valence-electron chi connectivity index (χ1n) is 4.94. The molecule has 2 N–H and O–H groups in total. The normalized spacial score (nSPS) is 13.6. The minimum absolute atomic E-state index is 0.370. The summed E-state index contributed by atoms with van der Waals surface area (Å²) in [7, 11) is 0. The van der Waals surface area contributed by atoms with Crippen molar-refractivity contribution in [2.24, 2.45) is 5.73 Å². The van der Waals surface area contributed by atoms with E-state index in [2.05, 4.69) is 0 Å². The van der Waals surface area contributed by atoms with Gasteiger partial charge in [0.2, 0.25) is 0 Å². The van der Waals surface area contributed by atoms with Crippen LogP contribution in [-0.4, -0.2) is 0 Å². The highest BCUT2D eigenvalue weighted by Gasteiger charge is 2.30. The monoisotopic (exact) mass is 241 g/mol. The second-order valence-electron chi connectivity index (χ2n) is 3.62. The summed E-state index contributed by atoms with van der Waals surface area (Å²) in [4.78, 5) is 0. The molecule has 0 bridgehead atoms. The van der Waals surface area contributed by atoms with E-state index in [0.29, 0.717) is 11.3 Å². The van der Waals surface area contributed by atoms with Crippen molar-refractivity contribution >= 4 is 0 Å². The number of nitrogens with two attached hydrogens (primary N) is 1. The summed E-state index contributed by atoms with van der Waals surface area (Å²) < 4.78 is 42.6. The van der Waals surface area contributed by atoms with Crippen LogP contribution >= 0.6 is 0 Å². The molecule has 2 aromatic rings. The van der Waals surface area contributed by atoms with E-state index >= 15 is 0 Å². The molecule has 0 aliphatic heterocycles. The summed E-state index contributed by atoms with van der Waals surface area (Å²) >= 11 is 0. The number of furan rings is 1. The number of rotatable bonds is 2. The fourth-order valence-corrected chi connectivity index (χ4v) is 1.54. The van der Waals surface area contributed by atoms with E-state index in [1.165, 1.54) is 12.3 Å². The molecule has 1 unspecified atom stereocenters. The predicted molar refractivity (Wildman–Crippen MR) is 56.2 cm³/mol. The number of alkyl halides is 3. The Bertz CT molecular complexity index is 491. The minimum Gasteiger partial charge on any atom is -0.467 e. The largest absolute Gasteiger partial charge is 0.467 e. The third-order valence-electron chi connectivity index (χ3n) is 2.42. The fraction of sp³-hybridized carbons (Fsp3) is 0.167. The SMILES string of the molecule is NC(c1cccc(C(F)(F)F)c1)c1ccco1.